The van der Waals surface area contributed by atoms with Crippen molar-refractivity contribution in [2.75, 3.05) is 26.6 Å². The SMILES string of the molecule is COc1cc(OC)nc(NC(=O)NS(=O)(=O)N(C)N2C(=O)C(C)=C(C)C2=O)n1. The van der Waals surface area contributed by atoms with E-state index in [4.69, 9.17) is 9.47 Å². The van der Waals surface area contributed by atoms with Gasteiger partial charge in [-0.1, -0.05) is 4.41 Å². The molecule has 2 N–H and O–H groups in total. The monoisotopic (exact) mass is 414 g/mol. The second-order valence-electron chi connectivity index (χ2n) is 5.44. The van der Waals surface area contributed by atoms with Crippen LogP contribution in [-0.2, 0) is 19.8 Å². The third-order valence-electron chi connectivity index (χ3n) is 3.76. The van der Waals surface area contributed by atoms with Crippen molar-refractivity contribution < 1.29 is 32.3 Å². The highest BCUT2D eigenvalue weighted by Crippen LogP contribution is 2.22. The van der Waals surface area contributed by atoms with E-state index in [2.05, 4.69) is 15.3 Å². The van der Waals surface area contributed by atoms with Gasteiger partial charge in [-0.25, -0.2) is 9.52 Å². The fraction of sp³-hybridized carbons (Fsp3) is 0.357. The minimum absolute atomic E-state index is 0.0624. The zero-order valence-electron chi connectivity index (χ0n) is 15.6. The Bertz CT molecular complexity index is 928. The summed E-state index contributed by atoms with van der Waals surface area (Å²) in [5.41, 5.74) is 0.210. The summed E-state index contributed by atoms with van der Waals surface area (Å²) in [5.74, 6) is -1.79. The van der Waals surface area contributed by atoms with E-state index >= 15 is 0 Å². The van der Waals surface area contributed by atoms with Gasteiger partial charge in [0, 0.05) is 18.2 Å². The topological polar surface area (TPSA) is 160 Å². The number of rotatable bonds is 6. The number of hydrogen-bond acceptors (Lipinski definition) is 9. The molecular weight excluding hydrogens is 396 g/mol. The van der Waals surface area contributed by atoms with Gasteiger partial charge in [0.2, 0.25) is 17.7 Å². The zero-order valence-corrected chi connectivity index (χ0v) is 16.4. The van der Waals surface area contributed by atoms with Crippen molar-refractivity contribution in [2.24, 2.45) is 0 Å². The van der Waals surface area contributed by atoms with Crippen LogP contribution in [0.15, 0.2) is 17.2 Å². The van der Waals surface area contributed by atoms with Crippen molar-refractivity contribution in [2.45, 2.75) is 13.8 Å². The number of hydrazine groups is 1. The molecule has 14 heteroatoms. The first kappa shape index (κ1) is 21.0. The third-order valence-corrected chi connectivity index (χ3v) is 5.07. The van der Waals surface area contributed by atoms with Crippen molar-refractivity contribution in [1.29, 1.82) is 0 Å². The molecule has 1 aromatic heterocycles. The molecule has 152 valence electrons. The molecule has 13 nitrogen and oxygen atoms in total. The Morgan fingerprint density at radius 2 is 1.54 bits per heavy atom. The Balaban J connectivity index is 2.15. The predicted octanol–water partition coefficient (Wildman–Crippen LogP) is -0.588. The number of anilines is 1. The van der Waals surface area contributed by atoms with Crippen LogP contribution in [0.2, 0.25) is 0 Å². The Morgan fingerprint density at radius 3 is 1.96 bits per heavy atom. The van der Waals surface area contributed by atoms with E-state index in [0.29, 0.717) is 9.42 Å². The fourth-order valence-electron chi connectivity index (χ4n) is 2.07. The predicted molar refractivity (Wildman–Crippen MR) is 94.2 cm³/mol. The molecule has 0 aromatic carbocycles. The van der Waals surface area contributed by atoms with Gasteiger partial charge < -0.3 is 9.47 Å². The van der Waals surface area contributed by atoms with E-state index in [-0.39, 0.29) is 28.9 Å². The summed E-state index contributed by atoms with van der Waals surface area (Å²) in [4.78, 5) is 43.9. The minimum atomic E-state index is -4.60. The van der Waals surface area contributed by atoms with Crippen LogP contribution in [-0.4, -0.2) is 66.9 Å². The van der Waals surface area contributed by atoms with Gasteiger partial charge in [0.1, 0.15) is 0 Å². The quantitative estimate of drug-likeness (QED) is 0.580. The molecule has 0 spiro atoms. The van der Waals surface area contributed by atoms with Crippen LogP contribution in [0.1, 0.15) is 13.8 Å². The second kappa shape index (κ2) is 7.77. The second-order valence-corrected chi connectivity index (χ2v) is 7.13. The first-order chi connectivity index (χ1) is 13.0. The van der Waals surface area contributed by atoms with Crippen molar-refractivity contribution in [3.63, 3.8) is 0 Å². The number of aromatic nitrogens is 2. The lowest BCUT2D eigenvalue weighted by Crippen LogP contribution is -2.53. The van der Waals surface area contributed by atoms with Crippen LogP contribution in [0.5, 0.6) is 11.8 Å². The number of urea groups is 1. The summed E-state index contributed by atoms with van der Waals surface area (Å²) in [7, 11) is -0.996. The van der Waals surface area contributed by atoms with E-state index in [1.165, 1.54) is 34.1 Å². The number of amides is 4. The molecule has 1 aliphatic rings. The molecule has 28 heavy (non-hydrogen) atoms. The maximum Gasteiger partial charge on any atom is 0.336 e. The van der Waals surface area contributed by atoms with E-state index in [9.17, 15) is 22.8 Å². The molecule has 0 bridgehead atoms. The molecule has 0 fully saturated rings. The highest BCUT2D eigenvalue weighted by molar-refractivity contribution is 7.87. The lowest BCUT2D eigenvalue weighted by atomic mass is 10.2. The summed E-state index contributed by atoms with van der Waals surface area (Å²) >= 11 is 0. The van der Waals surface area contributed by atoms with Gasteiger partial charge >= 0.3 is 16.2 Å². The summed E-state index contributed by atoms with van der Waals surface area (Å²) in [6, 6.07) is 0.109. The summed E-state index contributed by atoms with van der Waals surface area (Å²) in [6.07, 6.45) is 0. The van der Waals surface area contributed by atoms with Gasteiger partial charge in [-0.05, 0) is 13.8 Å². The summed E-state index contributed by atoms with van der Waals surface area (Å²) in [5, 5.41) is 2.50. The van der Waals surface area contributed by atoms with Crippen LogP contribution >= 0.6 is 0 Å². The lowest BCUT2D eigenvalue weighted by Gasteiger charge is -2.25. The van der Waals surface area contributed by atoms with Gasteiger partial charge in [0.05, 0.1) is 20.3 Å². The maximum atomic E-state index is 12.4. The number of nitrogens with zero attached hydrogens (tertiary/aromatic N) is 4. The number of ether oxygens (including phenoxy) is 2. The average Bonchev–Trinajstić information content (AvgIpc) is 2.83. The Hall–Kier alpha value is -3.26. The van der Waals surface area contributed by atoms with Crippen molar-refractivity contribution >= 4 is 34.0 Å². The third kappa shape index (κ3) is 4.01. The van der Waals surface area contributed by atoms with E-state index < -0.39 is 28.1 Å². The van der Waals surface area contributed by atoms with Crippen LogP contribution in [0, 0.1) is 0 Å². The zero-order chi connectivity index (χ0) is 21.2. The van der Waals surface area contributed by atoms with Crippen molar-refractivity contribution in [3.05, 3.63) is 17.2 Å². The number of nitrogens with one attached hydrogen (secondary N) is 2. The van der Waals surface area contributed by atoms with Crippen LogP contribution < -0.4 is 19.5 Å². The van der Waals surface area contributed by atoms with E-state index in [0.717, 1.165) is 7.05 Å². The Morgan fingerprint density at radius 1 is 1.07 bits per heavy atom. The standard InChI is InChI=1S/C14H18N6O7S/c1-7-8(2)12(22)20(11(7)21)19(3)28(24,25)18-14(23)17-13-15-9(26-4)6-10(16-13)27-5/h6H,1-5H3,(H2,15,16,17,18,23). The van der Waals surface area contributed by atoms with Gasteiger partial charge in [0.15, 0.2) is 0 Å². The highest BCUT2D eigenvalue weighted by atomic mass is 32.2. The average molecular weight is 414 g/mol. The molecule has 0 radical (unpaired) electrons. The van der Waals surface area contributed by atoms with Crippen molar-refractivity contribution in [1.82, 2.24) is 24.1 Å². The molecule has 0 saturated carbocycles. The number of carbonyl (C=O) groups is 3. The van der Waals surface area contributed by atoms with Gasteiger partial charge in [-0.2, -0.15) is 23.4 Å². The Labute approximate surface area is 160 Å². The molecule has 0 saturated heterocycles. The van der Waals surface area contributed by atoms with Crippen LogP contribution in [0.4, 0.5) is 10.7 Å². The summed E-state index contributed by atoms with van der Waals surface area (Å²) in [6.45, 7) is 2.79. The minimum Gasteiger partial charge on any atom is -0.481 e. The first-order valence-corrected chi connectivity index (χ1v) is 9.06. The van der Waals surface area contributed by atoms with Crippen LogP contribution in [0.25, 0.3) is 0 Å². The fourth-order valence-corrected chi connectivity index (χ4v) is 2.85. The number of carbonyl (C=O) groups excluding carboxylic acids is 3. The van der Waals surface area contributed by atoms with Crippen LogP contribution in [0.3, 0.4) is 0 Å². The first-order valence-electron chi connectivity index (χ1n) is 7.62. The normalized spacial score (nSPS) is 14.6. The van der Waals surface area contributed by atoms with Gasteiger partial charge in [-0.3, -0.25) is 14.9 Å². The van der Waals surface area contributed by atoms with Gasteiger partial charge in [0.25, 0.3) is 11.8 Å². The molecule has 0 unspecified atom stereocenters. The Kier molecular flexibility index (Phi) is 5.84. The molecule has 0 aliphatic carbocycles. The molecule has 2 rings (SSSR count). The molecule has 4 amide bonds. The molecule has 2 heterocycles. The number of imide groups is 1. The van der Waals surface area contributed by atoms with Gasteiger partial charge in [-0.15, -0.1) is 0 Å². The lowest BCUT2D eigenvalue weighted by molar-refractivity contribution is -0.147. The highest BCUT2D eigenvalue weighted by Gasteiger charge is 2.41. The molecule has 1 aliphatic heterocycles. The maximum absolute atomic E-state index is 12.4. The number of methoxy groups -OCH3 is 2. The van der Waals surface area contributed by atoms with E-state index in [1.54, 1.807) is 4.72 Å². The largest absolute Gasteiger partial charge is 0.481 e. The molecule has 0 atom stereocenters. The number of hydrogen-bond donors (Lipinski definition) is 2. The van der Waals surface area contributed by atoms with E-state index in [1.807, 2.05) is 0 Å². The van der Waals surface area contributed by atoms with Crippen molar-refractivity contribution in [3.8, 4) is 11.8 Å². The summed E-state index contributed by atoms with van der Waals surface area (Å²) < 4.78 is 36.5. The molecular formula is C14H18N6O7S. The molecule has 1 aromatic rings. The smallest absolute Gasteiger partial charge is 0.336 e.